The van der Waals surface area contributed by atoms with E-state index in [1.54, 1.807) is 12.1 Å². The van der Waals surface area contributed by atoms with Crippen LogP contribution in [0.4, 0.5) is 5.69 Å². The lowest BCUT2D eigenvalue weighted by Gasteiger charge is -2.10. The summed E-state index contributed by atoms with van der Waals surface area (Å²) in [7, 11) is -3.79. The van der Waals surface area contributed by atoms with E-state index in [9.17, 15) is 13.2 Å². The van der Waals surface area contributed by atoms with E-state index in [0.717, 1.165) is 33.0 Å². The van der Waals surface area contributed by atoms with Gasteiger partial charge in [0, 0.05) is 15.5 Å². The number of sulfonamides is 1. The third-order valence-electron chi connectivity index (χ3n) is 2.79. The quantitative estimate of drug-likeness (QED) is 0.835. The Bertz CT molecular complexity index is 788. The molecule has 2 N–H and O–H groups in total. The van der Waals surface area contributed by atoms with Crippen LogP contribution in [-0.4, -0.2) is 19.5 Å². The molecular weight excluding hydrogens is 378 g/mol. The molecule has 0 unspecified atom stereocenters. The average Bonchev–Trinajstić information content (AvgIpc) is 2.85. The number of carboxylic acids is 1. The van der Waals surface area contributed by atoms with Crippen molar-refractivity contribution in [2.75, 3.05) is 4.72 Å². The van der Waals surface area contributed by atoms with Gasteiger partial charge in [-0.1, -0.05) is 15.9 Å². The SMILES string of the molecule is Cc1cc(NS(=O)(=O)c2csc(C(=O)O)c2)cc(C)c1Br. The van der Waals surface area contributed by atoms with Gasteiger partial charge in [0.1, 0.15) is 4.88 Å². The van der Waals surface area contributed by atoms with Crippen LogP contribution in [0.5, 0.6) is 0 Å². The summed E-state index contributed by atoms with van der Waals surface area (Å²) in [4.78, 5) is 10.7. The largest absolute Gasteiger partial charge is 0.477 e. The summed E-state index contributed by atoms with van der Waals surface area (Å²) in [5.41, 5.74) is 2.25. The van der Waals surface area contributed by atoms with Crippen molar-refractivity contribution in [2.45, 2.75) is 18.7 Å². The van der Waals surface area contributed by atoms with Gasteiger partial charge in [-0.15, -0.1) is 11.3 Å². The number of aromatic carboxylic acids is 1. The molecule has 0 amide bonds. The zero-order chi connectivity index (χ0) is 15.8. The molecule has 0 radical (unpaired) electrons. The fourth-order valence-corrected chi connectivity index (χ4v) is 4.17. The number of anilines is 1. The lowest BCUT2D eigenvalue weighted by molar-refractivity contribution is 0.0702. The van der Waals surface area contributed by atoms with Crippen LogP contribution in [-0.2, 0) is 10.0 Å². The monoisotopic (exact) mass is 389 g/mol. The average molecular weight is 390 g/mol. The Balaban J connectivity index is 2.35. The maximum absolute atomic E-state index is 12.2. The molecule has 0 fully saturated rings. The van der Waals surface area contributed by atoms with E-state index in [2.05, 4.69) is 20.7 Å². The van der Waals surface area contributed by atoms with E-state index in [-0.39, 0.29) is 9.77 Å². The molecular formula is C13H12BrNO4S2. The van der Waals surface area contributed by atoms with Crippen LogP contribution in [0.15, 0.2) is 32.9 Å². The van der Waals surface area contributed by atoms with Gasteiger partial charge in [-0.25, -0.2) is 13.2 Å². The first-order valence-corrected chi connectivity index (χ1v) is 8.97. The highest BCUT2D eigenvalue weighted by molar-refractivity contribution is 9.10. The number of hydrogen-bond donors (Lipinski definition) is 2. The number of aryl methyl sites for hydroxylation is 2. The zero-order valence-electron chi connectivity index (χ0n) is 11.2. The third kappa shape index (κ3) is 3.45. The number of rotatable bonds is 4. The second kappa shape index (κ2) is 5.78. The number of thiophene rings is 1. The van der Waals surface area contributed by atoms with E-state index in [0.29, 0.717) is 5.69 Å². The summed E-state index contributed by atoms with van der Waals surface area (Å²) in [6, 6.07) is 4.56. The summed E-state index contributed by atoms with van der Waals surface area (Å²) < 4.78 is 27.9. The van der Waals surface area contributed by atoms with E-state index >= 15 is 0 Å². The highest BCUT2D eigenvalue weighted by atomic mass is 79.9. The van der Waals surface area contributed by atoms with Crippen molar-refractivity contribution in [1.29, 1.82) is 0 Å². The molecule has 2 rings (SSSR count). The Hall–Kier alpha value is -1.38. The minimum absolute atomic E-state index is 0.0152. The second-order valence-corrected chi connectivity index (χ2v) is 7.87. The van der Waals surface area contributed by atoms with Gasteiger partial charge < -0.3 is 5.11 Å². The number of nitrogens with one attached hydrogen (secondary N) is 1. The Kier molecular flexibility index (Phi) is 4.40. The number of hydrogen-bond acceptors (Lipinski definition) is 4. The topological polar surface area (TPSA) is 83.5 Å². The highest BCUT2D eigenvalue weighted by Crippen LogP contribution is 2.27. The summed E-state index contributed by atoms with van der Waals surface area (Å²) in [6.45, 7) is 3.73. The smallest absolute Gasteiger partial charge is 0.345 e. The number of benzene rings is 1. The predicted octanol–water partition coefficient (Wildman–Crippen LogP) is 3.63. The standard InChI is InChI=1S/C13H12BrNO4S2/c1-7-3-9(4-8(2)12(7)14)15-21(18,19)10-5-11(13(16)17)20-6-10/h3-6,15H,1-2H3,(H,16,17). The molecule has 8 heteroatoms. The van der Waals surface area contributed by atoms with Crippen LogP contribution in [0.1, 0.15) is 20.8 Å². The lowest BCUT2D eigenvalue weighted by atomic mass is 10.1. The van der Waals surface area contributed by atoms with Crippen molar-refractivity contribution in [3.05, 3.63) is 44.1 Å². The number of halogens is 1. The van der Waals surface area contributed by atoms with E-state index < -0.39 is 16.0 Å². The fraction of sp³-hybridized carbons (Fsp3) is 0.154. The molecule has 0 aliphatic rings. The van der Waals surface area contributed by atoms with Gasteiger partial charge in [0.2, 0.25) is 0 Å². The minimum Gasteiger partial charge on any atom is -0.477 e. The van der Waals surface area contributed by atoms with Gasteiger partial charge in [-0.2, -0.15) is 0 Å². The molecule has 0 saturated carbocycles. The minimum atomic E-state index is -3.79. The Morgan fingerprint density at radius 3 is 2.29 bits per heavy atom. The van der Waals surface area contributed by atoms with Crippen molar-refractivity contribution < 1.29 is 18.3 Å². The second-order valence-electron chi connectivity index (χ2n) is 4.48. The first-order chi connectivity index (χ1) is 9.70. The van der Waals surface area contributed by atoms with E-state index in [1.807, 2.05) is 13.8 Å². The molecule has 0 aliphatic heterocycles. The lowest BCUT2D eigenvalue weighted by Crippen LogP contribution is -2.12. The molecule has 1 aromatic carbocycles. The fourth-order valence-electron chi connectivity index (χ4n) is 1.79. The van der Waals surface area contributed by atoms with Crippen molar-refractivity contribution in [1.82, 2.24) is 0 Å². The highest BCUT2D eigenvalue weighted by Gasteiger charge is 2.19. The first kappa shape index (κ1) is 16.0. The molecule has 0 saturated heterocycles. The molecule has 2 aromatic rings. The van der Waals surface area contributed by atoms with Crippen molar-refractivity contribution in [2.24, 2.45) is 0 Å². The van der Waals surface area contributed by atoms with Gasteiger partial charge in [-0.05, 0) is 43.2 Å². The number of carboxylic acid groups (broad SMARTS) is 1. The van der Waals surface area contributed by atoms with Crippen LogP contribution >= 0.6 is 27.3 Å². The van der Waals surface area contributed by atoms with E-state index in [1.165, 1.54) is 5.38 Å². The molecule has 0 bridgehead atoms. The molecule has 0 aliphatic carbocycles. The zero-order valence-corrected chi connectivity index (χ0v) is 14.4. The van der Waals surface area contributed by atoms with Crippen LogP contribution in [0.3, 0.4) is 0 Å². The van der Waals surface area contributed by atoms with Crippen LogP contribution < -0.4 is 4.72 Å². The van der Waals surface area contributed by atoms with Gasteiger partial charge in [0.25, 0.3) is 10.0 Å². The molecule has 112 valence electrons. The van der Waals surface area contributed by atoms with Crippen molar-refractivity contribution >= 4 is 48.9 Å². The molecule has 5 nitrogen and oxygen atoms in total. The summed E-state index contributed by atoms with van der Waals surface area (Å²) in [5, 5.41) is 10.2. The molecule has 1 aromatic heterocycles. The maximum Gasteiger partial charge on any atom is 0.345 e. The van der Waals surface area contributed by atoms with E-state index in [4.69, 9.17) is 5.11 Å². The Morgan fingerprint density at radius 2 is 1.81 bits per heavy atom. The normalized spacial score (nSPS) is 11.4. The first-order valence-electron chi connectivity index (χ1n) is 5.82. The van der Waals surface area contributed by atoms with Crippen LogP contribution in [0.25, 0.3) is 0 Å². The molecule has 0 atom stereocenters. The number of carbonyl (C=O) groups is 1. The van der Waals surface area contributed by atoms with Gasteiger partial charge in [-0.3, -0.25) is 4.72 Å². The Morgan fingerprint density at radius 1 is 1.24 bits per heavy atom. The Labute approximate surface area is 134 Å². The molecule has 0 spiro atoms. The summed E-state index contributed by atoms with van der Waals surface area (Å²) in [6.07, 6.45) is 0. The van der Waals surface area contributed by atoms with Crippen LogP contribution in [0.2, 0.25) is 0 Å². The van der Waals surface area contributed by atoms with Gasteiger partial charge in [0.05, 0.1) is 4.90 Å². The van der Waals surface area contributed by atoms with Crippen LogP contribution in [0, 0.1) is 13.8 Å². The summed E-state index contributed by atoms with van der Waals surface area (Å²) in [5.74, 6) is -1.14. The van der Waals surface area contributed by atoms with Gasteiger partial charge >= 0.3 is 5.97 Å². The summed E-state index contributed by atoms with van der Waals surface area (Å²) >= 11 is 4.29. The maximum atomic E-state index is 12.2. The predicted molar refractivity (Wildman–Crippen MR) is 85.7 cm³/mol. The molecule has 21 heavy (non-hydrogen) atoms. The van der Waals surface area contributed by atoms with Crippen molar-refractivity contribution in [3.8, 4) is 0 Å². The van der Waals surface area contributed by atoms with Gasteiger partial charge in [0.15, 0.2) is 0 Å². The molecule has 1 heterocycles. The van der Waals surface area contributed by atoms with Crippen molar-refractivity contribution in [3.63, 3.8) is 0 Å². The third-order valence-corrected chi connectivity index (χ3v) is 6.46.